The van der Waals surface area contributed by atoms with Crippen molar-refractivity contribution in [1.82, 2.24) is 4.90 Å². The van der Waals surface area contributed by atoms with Gasteiger partial charge in [0.05, 0.1) is 37.9 Å². The molecule has 0 amide bonds. The second-order valence-corrected chi connectivity index (χ2v) is 9.28. The zero-order valence-corrected chi connectivity index (χ0v) is 17.3. The molecule has 0 aliphatic carbocycles. The lowest BCUT2D eigenvalue weighted by Gasteiger charge is -2.38. The maximum atomic E-state index is 11.9. The van der Waals surface area contributed by atoms with E-state index in [0.717, 1.165) is 5.56 Å². The molecule has 1 fully saturated rings. The molecule has 0 bridgehead atoms. The number of methoxy groups -OCH3 is 3. The number of ether oxygens (including phenoxy) is 3. The van der Waals surface area contributed by atoms with Crippen LogP contribution < -0.4 is 9.47 Å². The standard InChI is InChI=1S/C19H31NO6S/c1-24-10-12-27(22,23)11-4-7-20-8-5-19(21,6-9-20)16-13-17(25-2)15-18(14-16)26-3/h13-15,21H,4-12H2,1-3H3. The minimum absolute atomic E-state index is 0.0704. The van der Waals surface area contributed by atoms with E-state index in [0.29, 0.717) is 50.4 Å². The molecule has 0 radical (unpaired) electrons. The topological polar surface area (TPSA) is 85.3 Å². The molecule has 154 valence electrons. The Kier molecular flexibility index (Phi) is 7.91. The van der Waals surface area contributed by atoms with Gasteiger partial charge in [-0.1, -0.05) is 0 Å². The van der Waals surface area contributed by atoms with E-state index in [1.54, 1.807) is 20.3 Å². The Morgan fingerprint density at radius 3 is 2.15 bits per heavy atom. The van der Waals surface area contributed by atoms with Gasteiger partial charge in [-0.3, -0.25) is 0 Å². The predicted molar refractivity (Wildman–Crippen MR) is 104 cm³/mol. The quantitative estimate of drug-likeness (QED) is 0.635. The van der Waals surface area contributed by atoms with Crippen LogP contribution in [0.15, 0.2) is 18.2 Å². The number of nitrogens with zero attached hydrogens (tertiary/aromatic N) is 1. The highest BCUT2D eigenvalue weighted by molar-refractivity contribution is 7.91. The Bertz CT molecular complexity index is 676. The van der Waals surface area contributed by atoms with Crippen molar-refractivity contribution in [2.75, 3.05) is 59.1 Å². The van der Waals surface area contributed by atoms with Gasteiger partial charge < -0.3 is 24.2 Å². The van der Waals surface area contributed by atoms with E-state index in [1.165, 1.54) is 7.11 Å². The van der Waals surface area contributed by atoms with E-state index in [4.69, 9.17) is 14.2 Å². The van der Waals surface area contributed by atoms with Gasteiger partial charge in [0.1, 0.15) is 11.5 Å². The van der Waals surface area contributed by atoms with Gasteiger partial charge in [0.15, 0.2) is 9.84 Å². The summed E-state index contributed by atoms with van der Waals surface area (Å²) in [6, 6.07) is 5.48. The fourth-order valence-corrected chi connectivity index (χ4v) is 4.53. The van der Waals surface area contributed by atoms with Crippen LogP contribution in [0.4, 0.5) is 0 Å². The number of benzene rings is 1. The third kappa shape index (κ3) is 6.34. The maximum Gasteiger partial charge on any atom is 0.152 e. The maximum absolute atomic E-state index is 11.9. The Balaban J connectivity index is 1.89. The summed E-state index contributed by atoms with van der Waals surface area (Å²) in [4.78, 5) is 2.21. The summed E-state index contributed by atoms with van der Waals surface area (Å²) in [5.74, 6) is 1.55. The van der Waals surface area contributed by atoms with Gasteiger partial charge >= 0.3 is 0 Å². The van der Waals surface area contributed by atoms with Crippen molar-refractivity contribution in [1.29, 1.82) is 0 Å². The Morgan fingerprint density at radius 1 is 1.04 bits per heavy atom. The number of aliphatic hydroxyl groups is 1. The number of piperidine rings is 1. The molecule has 8 heteroatoms. The molecular formula is C19H31NO6S. The highest BCUT2D eigenvalue weighted by Crippen LogP contribution is 2.36. The summed E-state index contributed by atoms with van der Waals surface area (Å²) in [5, 5.41) is 11.1. The van der Waals surface area contributed by atoms with E-state index in [1.807, 2.05) is 12.1 Å². The molecule has 1 N–H and O–H groups in total. The van der Waals surface area contributed by atoms with E-state index in [2.05, 4.69) is 4.90 Å². The lowest BCUT2D eigenvalue weighted by molar-refractivity contribution is -0.0260. The van der Waals surface area contributed by atoms with Crippen LogP contribution in [-0.4, -0.2) is 77.5 Å². The van der Waals surface area contributed by atoms with Crippen molar-refractivity contribution in [3.8, 4) is 11.5 Å². The van der Waals surface area contributed by atoms with Crippen molar-refractivity contribution in [3.05, 3.63) is 23.8 Å². The SMILES string of the molecule is COCCS(=O)(=O)CCCN1CCC(O)(c2cc(OC)cc(OC)c2)CC1. The Hall–Kier alpha value is -1.35. The first kappa shape index (κ1) is 21.9. The van der Waals surface area contributed by atoms with Gasteiger partial charge in [0.25, 0.3) is 0 Å². The molecule has 1 aromatic carbocycles. The van der Waals surface area contributed by atoms with Crippen LogP contribution >= 0.6 is 0 Å². The third-order valence-electron chi connectivity index (χ3n) is 5.10. The lowest BCUT2D eigenvalue weighted by Crippen LogP contribution is -2.43. The van der Waals surface area contributed by atoms with Crippen LogP contribution in [0.1, 0.15) is 24.8 Å². The largest absolute Gasteiger partial charge is 0.497 e. The molecule has 0 spiro atoms. The van der Waals surface area contributed by atoms with Crippen LogP contribution in [0, 0.1) is 0 Å². The van der Waals surface area contributed by atoms with Gasteiger partial charge in [-0.15, -0.1) is 0 Å². The molecule has 1 aliphatic heterocycles. The zero-order chi connectivity index (χ0) is 19.9. The molecule has 1 saturated heterocycles. The third-order valence-corrected chi connectivity index (χ3v) is 6.80. The van der Waals surface area contributed by atoms with Gasteiger partial charge in [0, 0.05) is 26.3 Å². The predicted octanol–water partition coefficient (Wildman–Crippen LogP) is 1.44. The molecule has 1 aliphatic rings. The molecule has 0 aromatic heterocycles. The Morgan fingerprint density at radius 2 is 1.63 bits per heavy atom. The first-order valence-corrected chi connectivity index (χ1v) is 11.0. The number of rotatable bonds is 10. The number of likely N-dealkylation sites (tertiary alicyclic amines) is 1. The molecular weight excluding hydrogens is 370 g/mol. The summed E-state index contributed by atoms with van der Waals surface area (Å²) in [6.45, 7) is 2.38. The normalized spacial score (nSPS) is 17.6. The second-order valence-electron chi connectivity index (χ2n) is 6.97. The van der Waals surface area contributed by atoms with Crippen LogP contribution in [0.2, 0.25) is 0 Å². The summed E-state index contributed by atoms with van der Waals surface area (Å²) in [6.07, 6.45) is 1.76. The van der Waals surface area contributed by atoms with Crippen molar-refractivity contribution < 1.29 is 27.7 Å². The Labute approximate surface area is 162 Å². The first-order chi connectivity index (χ1) is 12.8. The molecule has 0 atom stereocenters. The van der Waals surface area contributed by atoms with E-state index in [9.17, 15) is 13.5 Å². The minimum Gasteiger partial charge on any atom is -0.497 e. The summed E-state index contributed by atoms with van der Waals surface area (Å²) in [5.41, 5.74) is -0.136. The molecule has 27 heavy (non-hydrogen) atoms. The summed E-state index contributed by atoms with van der Waals surface area (Å²) < 4.78 is 39.2. The fourth-order valence-electron chi connectivity index (χ4n) is 3.33. The molecule has 1 aromatic rings. The van der Waals surface area contributed by atoms with Gasteiger partial charge in [-0.25, -0.2) is 8.42 Å². The number of hydrogen-bond donors (Lipinski definition) is 1. The van der Waals surface area contributed by atoms with Gasteiger partial charge in [-0.05, 0) is 43.5 Å². The van der Waals surface area contributed by atoms with E-state index in [-0.39, 0.29) is 18.1 Å². The zero-order valence-electron chi connectivity index (χ0n) is 16.4. The van der Waals surface area contributed by atoms with Crippen molar-refractivity contribution in [3.63, 3.8) is 0 Å². The first-order valence-electron chi connectivity index (χ1n) is 9.19. The number of sulfone groups is 1. The van der Waals surface area contributed by atoms with Crippen molar-refractivity contribution >= 4 is 9.84 Å². The van der Waals surface area contributed by atoms with Crippen molar-refractivity contribution in [2.24, 2.45) is 0 Å². The molecule has 0 saturated carbocycles. The molecule has 7 nitrogen and oxygen atoms in total. The van der Waals surface area contributed by atoms with Gasteiger partial charge in [0.2, 0.25) is 0 Å². The average molecular weight is 402 g/mol. The second kappa shape index (κ2) is 9.73. The van der Waals surface area contributed by atoms with Crippen molar-refractivity contribution in [2.45, 2.75) is 24.9 Å². The van der Waals surface area contributed by atoms with Crippen LogP contribution in [0.25, 0.3) is 0 Å². The molecule has 1 heterocycles. The molecule has 2 rings (SSSR count). The highest BCUT2D eigenvalue weighted by atomic mass is 32.2. The number of hydrogen-bond acceptors (Lipinski definition) is 7. The average Bonchev–Trinajstić information content (AvgIpc) is 2.67. The summed E-state index contributed by atoms with van der Waals surface area (Å²) >= 11 is 0. The van der Waals surface area contributed by atoms with Crippen LogP contribution in [0.3, 0.4) is 0 Å². The van der Waals surface area contributed by atoms with Crippen LogP contribution in [0.5, 0.6) is 11.5 Å². The minimum atomic E-state index is -3.05. The van der Waals surface area contributed by atoms with E-state index < -0.39 is 15.4 Å². The molecule has 0 unspecified atom stereocenters. The van der Waals surface area contributed by atoms with Gasteiger partial charge in [-0.2, -0.15) is 0 Å². The monoisotopic (exact) mass is 401 g/mol. The van der Waals surface area contributed by atoms with Crippen LogP contribution in [-0.2, 0) is 20.2 Å². The fraction of sp³-hybridized carbons (Fsp3) is 0.684. The van der Waals surface area contributed by atoms with E-state index >= 15 is 0 Å². The smallest absolute Gasteiger partial charge is 0.152 e. The summed E-state index contributed by atoms with van der Waals surface area (Å²) in [7, 11) is 1.63. The highest BCUT2D eigenvalue weighted by Gasteiger charge is 2.34. The lowest BCUT2D eigenvalue weighted by atomic mass is 9.84.